The molecule has 1 unspecified atom stereocenters. The molecule has 2 aromatic rings. The molecule has 7 heteroatoms. The van der Waals surface area contributed by atoms with Crippen LogP contribution in [0.3, 0.4) is 0 Å². The van der Waals surface area contributed by atoms with Crippen molar-refractivity contribution in [3.63, 3.8) is 0 Å². The number of halogens is 1. The standard InChI is InChI=1S/C11H14ClN5S/c1-11(3-2-4-18-11)6-13-8-7-5-14-17-9(7)16-10(12)15-8/h5H,2-4,6H2,1H3,(H2,13,14,15,16,17). The van der Waals surface area contributed by atoms with E-state index in [1.807, 2.05) is 11.8 Å². The van der Waals surface area contributed by atoms with E-state index in [4.69, 9.17) is 11.6 Å². The summed E-state index contributed by atoms with van der Waals surface area (Å²) in [7, 11) is 0. The zero-order valence-electron chi connectivity index (χ0n) is 10.0. The van der Waals surface area contributed by atoms with Crippen LogP contribution in [0.15, 0.2) is 6.20 Å². The lowest BCUT2D eigenvalue weighted by Gasteiger charge is -2.23. The van der Waals surface area contributed by atoms with Crippen LogP contribution in [0.2, 0.25) is 5.28 Å². The number of thioether (sulfide) groups is 1. The van der Waals surface area contributed by atoms with Gasteiger partial charge < -0.3 is 5.32 Å². The van der Waals surface area contributed by atoms with Crippen LogP contribution < -0.4 is 5.32 Å². The molecule has 0 bridgehead atoms. The van der Waals surface area contributed by atoms with Crippen LogP contribution in [0.25, 0.3) is 11.0 Å². The van der Waals surface area contributed by atoms with Gasteiger partial charge >= 0.3 is 0 Å². The molecule has 0 amide bonds. The average molecular weight is 284 g/mol. The first-order valence-corrected chi connectivity index (χ1v) is 7.27. The highest BCUT2D eigenvalue weighted by molar-refractivity contribution is 8.00. The molecule has 1 aliphatic rings. The van der Waals surface area contributed by atoms with E-state index in [1.165, 1.54) is 18.6 Å². The fourth-order valence-corrected chi connectivity index (χ4v) is 3.60. The Morgan fingerprint density at radius 2 is 2.44 bits per heavy atom. The van der Waals surface area contributed by atoms with Crippen molar-refractivity contribution in [3.05, 3.63) is 11.5 Å². The Bertz CT molecular complexity index is 564. The second-order valence-corrected chi connectivity index (χ2v) is 6.75. The van der Waals surface area contributed by atoms with Gasteiger partial charge in [0.1, 0.15) is 5.82 Å². The van der Waals surface area contributed by atoms with Crippen LogP contribution in [0.1, 0.15) is 19.8 Å². The molecule has 0 radical (unpaired) electrons. The van der Waals surface area contributed by atoms with E-state index < -0.39 is 0 Å². The van der Waals surface area contributed by atoms with Crippen molar-refractivity contribution in [2.24, 2.45) is 0 Å². The van der Waals surface area contributed by atoms with E-state index in [0.29, 0.717) is 5.65 Å². The SMILES string of the molecule is CC1(CNc2nc(Cl)nc3[nH]ncc23)CCCS1. The van der Waals surface area contributed by atoms with Crippen molar-refractivity contribution in [1.29, 1.82) is 0 Å². The second kappa shape index (κ2) is 4.59. The van der Waals surface area contributed by atoms with E-state index in [-0.39, 0.29) is 10.0 Å². The number of rotatable bonds is 3. The third kappa shape index (κ3) is 2.27. The number of hydrogen-bond acceptors (Lipinski definition) is 5. The van der Waals surface area contributed by atoms with Crippen molar-refractivity contribution in [1.82, 2.24) is 20.2 Å². The molecule has 2 aromatic heterocycles. The lowest BCUT2D eigenvalue weighted by molar-refractivity contribution is 0.634. The van der Waals surface area contributed by atoms with Crippen LogP contribution in [0, 0.1) is 0 Å². The monoisotopic (exact) mass is 283 g/mol. The lowest BCUT2D eigenvalue weighted by Crippen LogP contribution is -2.27. The third-order valence-electron chi connectivity index (χ3n) is 3.21. The van der Waals surface area contributed by atoms with E-state index >= 15 is 0 Å². The summed E-state index contributed by atoms with van der Waals surface area (Å²) in [5, 5.41) is 11.3. The number of fused-ring (bicyclic) bond motifs is 1. The van der Waals surface area contributed by atoms with Gasteiger partial charge in [0, 0.05) is 11.3 Å². The van der Waals surface area contributed by atoms with Gasteiger partial charge in [-0.3, -0.25) is 5.10 Å². The summed E-state index contributed by atoms with van der Waals surface area (Å²) in [4.78, 5) is 8.32. The topological polar surface area (TPSA) is 66.5 Å². The van der Waals surface area contributed by atoms with E-state index in [9.17, 15) is 0 Å². The van der Waals surface area contributed by atoms with Gasteiger partial charge in [0.05, 0.1) is 11.6 Å². The lowest BCUT2D eigenvalue weighted by atomic mass is 10.1. The van der Waals surface area contributed by atoms with Crippen LogP contribution in [-0.2, 0) is 0 Å². The summed E-state index contributed by atoms with van der Waals surface area (Å²) in [6.07, 6.45) is 4.24. The minimum Gasteiger partial charge on any atom is -0.368 e. The maximum absolute atomic E-state index is 5.90. The van der Waals surface area contributed by atoms with E-state index in [2.05, 4.69) is 32.4 Å². The molecule has 1 fully saturated rings. The Labute approximate surface area is 114 Å². The van der Waals surface area contributed by atoms with Crippen LogP contribution >= 0.6 is 23.4 Å². The van der Waals surface area contributed by atoms with Crippen LogP contribution in [0.5, 0.6) is 0 Å². The molecule has 0 saturated carbocycles. The Morgan fingerprint density at radius 1 is 1.56 bits per heavy atom. The number of anilines is 1. The molecule has 96 valence electrons. The Hall–Kier alpha value is -1.01. The van der Waals surface area contributed by atoms with Gasteiger partial charge in [0.25, 0.3) is 0 Å². The van der Waals surface area contributed by atoms with Gasteiger partial charge in [-0.25, -0.2) is 0 Å². The van der Waals surface area contributed by atoms with Gasteiger partial charge in [-0.1, -0.05) is 0 Å². The van der Waals surface area contributed by atoms with Crippen molar-refractivity contribution in [2.45, 2.75) is 24.5 Å². The molecule has 1 saturated heterocycles. The largest absolute Gasteiger partial charge is 0.368 e. The summed E-state index contributed by atoms with van der Waals surface area (Å²) in [6.45, 7) is 3.16. The summed E-state index contributed by atoms with van der Waals surface area (Å²) >= 11 is 7.91. The number of nitrogens with one attached hydrogen (secondary N) is 2. The van der Waals surface area contributed by atoms with Gasteiger partial charge in [-0.2, -0.15) is 26.8 Å². The zero-order valence-corrected chi connectivity index (χ0v) is 11.6. The summed E-state index contributed by atoms with van der Waals surface area (Å²) in [5.41, 5.74) is 0.668. The van der Waals surface area contributed by atoms with E-state index in [1.54, 1.807) is 6.20 Å². The average Bonchev–Trinajstić information content (AvgIpc) is 2.95. The summed E-state index contributed by atoms with van der Waals surface area (Å²) < 4.78 is 0.285. The highest BCUT2D eigenvalue weighted by Crippen LogP contribution is 2.37. The minimum atomic E-state index is 0.235. The summed E-state index contributed by atoms with van der Waals surface area (Å²) in [6, 6.07) is 0. The smallest absolute Gasteiger partial charge is 0.226 e. The van der Waals surface area contributed by atoms with Crippen molar-refractivity contribution < 1.29 is 0 Å². The fourth-order valence-electron chi connectivity index (χ4n) is 2.19. The fraction of sp³-hybridized carbons (Fsp3) is 0.545. The molecule has 2 N–H and O–H groups in total. The second-order valence-electron chi connectivity index (χ2n) is 4.73. The van der Waals surface area contributed by atoms with Crippen molar-refractivity contribution >= 4 is 40.2 Å². The molecule has 1 aliphatic heterocycles. The van der Waals surface area contributed by atoms with Crippen molar-refractivity contribution in [2.75, 3.05) is 17.6 Å². The van der Waals surface area contributed by atoms with E-state index in [0.717, 1.165) is 17.7 Å². The minimum absolute atomic E-state index is 0.235. The van der Waals surface area contributed by atoms with Crippen LogP contribution in [-0.4, -0.2) is 37.2 Å². The van der Waals surface area contributed by atoms with Crippen LogP contribution in [0.4, 0.5) is 5.82 Å². The molecule has 0 aliphatic carbocycles. The van der Waals surface area contributed by atoms with Gasteiger partial charge in [0.15, 0.2) is 5.65 Å². The van der Waals surface area contributed by atoms with Gasteiger partial charge in [-0.05, 0) is 37.1 Å². The maximum Gasteiger partial charge on any atom is 0.226 e. The molecule has 3 rings (SSSR count). The summed E-state index contributed by atoms with van der Waals surface area (Å²) in [5.74, 6) is 2.00. The predicted molar refractivity (Wildman–Crippen MR) is 75.3 cm³/mol. The molecule has 3 heterocycles. The molecular weight excluding hydrogens is 270 g/mol. The first-order chi connectivity index (χ1) is 8.66. The first-order valence-electron chi connectivity index (χ1n) is 5.91. The van der Waals surface area contributed by atoms with Gasteiger partial charge in [-0.15, -0.1) is 0 Å². The quantitative estimate of drug-likeness (QED) is 0.848. The van der Waals surface area contributed by atoms with Crippen molar-refractivity contribution in [3.8, 4) is 0 Å². The predicted octanol–water partition coefficient (Wildman–Crippen LogP) is 2.70. The highest BCUT2D eigenvalue weighted by Gasteiger charge is 2.29. The zero-order chi connectivity index (χ0) is 12.6. The Morgan fingerprint density at radius 3 is 3.22 bits per heavy atom. The molecular formula is C11H14ClN5S. The molecule has 1 atom stereocenters. The maximum atomic E-state index is 5.90. The number of nitrogens with zero attached hydrogens (tertiary/aromatic N) is 3. The normalized spacial score (nSPS) is 23.7. The Kier molecular flexibility index (Phi) is 3.07. The number of hydrogen-bond donors (Lipinski definition) is 2. The molecule has 5 nitrogen and oxygen atoms in total. The van der Waals surface area contributed by atoms with Gasteiger partial charge in [0.2, 0.25) is 5.28 Å². The first kappa shape index (κ1) is 12.0. The Balaban J connectivity index is 1.83. The molecule has 18 heavy (non-hydrogen) atoms. The number of aromatic nitrogens is 4. The number of H-pyrrole nitrogens is 1. The molecule has 0 spiro atoms. The molecule has 0 aromatic carbocycles. The third-order valence-corrected chi connectivity index (χ3v) is 4.92. The highest BCUT2D eigenvalue weighted by atomic mass is 35.5. The number of aromatic amines is 1.